The molecule has 0 bridgehead atoms. The number of benzene rings is 1. The molecule has 0 unspecified atom stereocenters. The van der Waals surface area contributed by atoms with Gasteiger partial charge in [-0.15, -0.1) is 5.73 Å². The first kappa shape index (κ1) is 50.5. The molecule has 1 aliphatic heterocycles. The Morgan fingerprint density at radius 2 is 1.41 bits per heavy atom. The van der Waals surface area contributed by atoms with Crippen molar-refractivity contribution in [1.82, 2.24) is 5.32 Å². The molecule has 1 N–H and O–H groups in total. The standard InChI is InChI=1S/C46H80F3NO4Si2/c1-15-16-17-18-20-26-41(53-55(32(2)3,33(4)5)34(6)7)27-21-19-22-28-44(52-45(51)39-24-23-25-40(31-39)46(47,48)49)42-29-30-43(38(14)50-42)54-56(35(8)9,36(10)11)37(12)13/h19,23-25,27,31-38,41-44,50H,15-18,20,22,26,28-30H2,1-14H3/t21?,38-,41-,42+,43+,44-/m0/s1. The molecular weight excluding hydrogens is 744 g/mol. The summed E-state index contributed by atoms with van der Waals surface area (Å²) >= 11 is 0. The first-order chi connectivity index (χ1) is 26.1. The van der Waals surface area contributed by atoms with E-state index in [1.807, 2.05) is 6.08 Å². The fraction of sp³-hybridized carbons (Fsp3) is 0.783. The van der Waals surface area contributed by atoms with E-state index in [-0.39, 0.29) is 29.9 Å². The molecule has 2 rings (SSSR count). The molecule has 0 amide bonds. The highest BCUT2D eigenvalue weighted by atomic mass is 28.4. The molecule has 0 radical (unpaired) electrons. The zero-order valence-electron chi connectivity index (χ0n) is 37.7. The predicted molar refractivity (Wildman–Crippen MR) is 233 cm³/mol. The van der Waals surface area contributed by atoms with Crippen LogP contribution in [0.25, 0.3) is 0 Å². The SMILES string of the molecule is CCCCCCC[C@@H](C=C=CCC[C@H](OC(=O)c1cccc(C(F)(F)F)c1)[C@H]1CC[C@@H](O[Si](C(C)C)(C(C)C)C(C)C)[C@H](C)N1)O[Si](C(C)C)(C(C)C)C(C)C. The van der Waals surface area contributed by atoms with E-state index in [1.165, 1.54) is 37.8 Å². The van der Waals surface area contributed by atoms with Crippen molar-refractivity contribution in [2.45, 2.75) is 231 Å². The van der Waals surface area contributed by atoms with Crippen molar-refractivity contribution in [3.8, 4) is 0 Å². The summed E-state index contributed by atoms with van der Waals surface area (Å²) in [4.78, 5) is 13.5. The highest BCUT2D eigenvalue weighted by Crippen LogP contribution is 2.45. The number of halogens is 3. The Balaban J connectivity index is 2.37. The van der Waals surface area contributed by atoms with Gasteiger partial charge < -0.3 is 18.9 Å². The van der Waals surface area contributed by atoms with Crippen molar-refractivity contribution in [2.24, 2.45) is 0 Å². The van der Waals surface area contributed by atoms with Crippen molar-refractivity contribution in [2.75, 3.05) is 0 Å². The van der Waals surface area contributed by atoms with Crippen LogP contribution in [0.15, 0.2) is 42.1 Å². The lowest BCUT2D eigenvalue weighted by atomic mass is 9.91. The maximum Gasteiger partial charge on any atom is 0.416 e. The first-order valence-electron chi connectivity index (χ1n) is 22.1. The van der Waals surface area contributed by atoms with Gasteiger partial charge in [-0.25, -0.2) is 4.79 Å². The van der Waals surface area contributed by atoms with E-state index >= 15 is 0 Å². The lowest BCUT2D eigenvalue weighted by Gasteiger charge is -2.48. The number of alkyl halides is 3. The number of ether oxygens (including phenoxy) is 1. The predicted octanol–water partition coefficient (Wildman–Crippen LogP) is 14.3. The zero-order valence-corrected chi connectivity index (χ0v) is 39.7. The molecule has 1 heterocycles. The summed E-state index contributed by atoms with van der Waals surface area (Å²) in [5.41, 5.74) is 5.30. The van der Waals surface area contributed by atoms with E-state index in [2.05, 4.69) is 114 Å². The third-order valence-corrected chi connectivity index (χ3v) is 24.9. The third-order valence-electron chi connectivity index (χ3n) is 12.6. The third kappa shape index (κ3) is 13.7. The molecule has 1 aliphatic rings. The molecule has 5 atom stereocenters. The minimum atomic E-state index is -4.55. The molecular formula is C46H80F3NO4Si2. The van der Waals surface area contributed by atoms with Crippen LogP contribution in [-0.4, -0.2) is 53.0 Å². The summed E-state index contributed by atoms with van der Waals surface area (Å²) in [7, 11) is -4.25. The van der Waals surface area contributed by atoms with E-state index < -0.39 is 40.4 Å². The van der Waals surface area contributed by atoms with E-state index in [0.29, 0.717) is 46.1 Å². The quantitative estimate of drug-likeness (QED) is 0.0516. The minimum Gasteiger partial charge on any atom is -0.457 e. The Kier molecular flexibility index (Phi) is 20.9. The highest BCUT2D eigenvalue weighted by Gasteiger charge is 2.49. The van der Waals surface area contributed by atoms with Gasteiger partial charge in [-0.05, 0) is 103 Å². The summed E-state index contributed by atoms with van der Waals surface area (Å²) in [5.74, 6) is -0.742. The normalized spacial score (nSPS) is 19.6. The Hall–Kier alpha value is -1.69. The van der Waals surface area contributed by atoms with Crippen LogP contribution in [0.3, 0.4) is 0 Å². The number of hydrogen-bond donors (Lipinski definition) is 1. The van der Waals surface area contributed by atoms with Crippen LogP contribution >= 0.6 is 0 Å². The van der Waals surface area contributed by atoms with Gasteiger partial charge in [-0.1, -0.05) is 128 Å². The van der Waals surface area contributed by atoms with Gasteiger partial charge in [0.05, 0.1) is 23.3 Å². The second kappa shape index (κ2) is 23.2. The molecule has 0 spiro atoms. The van der Waals surface area contributed by atoms with Gasteiger partial charge in [0, 0.05) is 12.1 Å². The van der Waals surface area contributed by atoms with Gasteiger partial charge in [0.15, 0.2) is 0 Å². The van der Waals surface area contributed by atoms with Crippen LogP contribution in [0.4, 0.5) is 13.2 Å². The highest BCUT2D eigenvalue weighted by molar-refractivity contribution is 6.78. The summed E-state index contributed by atoms with van der Waals surface area (Å²) in [5, 5.41) is 3.73. The van der Waals surface area contributed by atoms with E-state index in [4.69, 9.17) is 13.6 Å². The molecule has 0 aromatic heterocycles. The van der Waals surface area contributed by atoms with Crippen LogP contribution in [0, 0.1) is 0 Å². The van der Waals surface area contributed by atoms with Crippen molar-refractivity contribution < 1.29 is 31.6 Å². The van der Waals surface area contributed by atoms with Crippen LogP contribution in [0.1, 0.15) is 177 Å². The minimum absolute atomic E-state index is 0.0164. The van der Waals surface area contributed by atoms with Gasteiger partial charge >= 0.3 is 12.1 Å². The van der Waals surface area contributed by atoms with Crippen molar-refractivity contribution in [3.63, 3.8) is 0 Å². The zero-order chi connectivity index (χ0) is 42.4. The topological polar surface area (TPSA) is 56.8 Å². The fourth-order valence-electron chi connectivity index (χ4n) is 9.92. The van der Waals surface area contributed by atoms with Crippen LogP contribution < -0.4 is 5.32 Å². The largest absolute Gasteiger partial charge is 0.457 e. The fourth-order valence-corrected chi connectivity index (χ4v) is 21.1. The van der Waals surface area contributed by atoms with E-state index in [1.54, 1.807) is 0 Å². The van der Waals surface area contributed by atoms with Gasteiger partial charge in [0.1, 0.15) is 6.10 Å². The van der Waals surface area contributed by atoms with Gasteiger partial charge in [0.25, 0.3) is 0 Å². The van der Waals surface area contributed by atoms with Crippen molar-refractivity contribution in [1.29, 1.82) is 0 Å². The molecule has 0 saturated carbocycles. The average molecular weight is 824 g/mol. The Labute approximate surface area is 342 Å². The van der Waals surface area contributed by atoms with E-state index in [9.17, 15) is 18.0 Å². The second-order valence-electron chi connectivity index (χ2n) is 18.4. The number of nitrogens with one attached hydrogen (secondary N) is 1. The maximum atomic E-state index is 13.6. The van der Waals surface area contributed by atoms with Crippen molar-refractivity contribution >= 4 is 22.6 Å². The van der Waals surface area contributed by atoms with Crippen LogP contribution in [-0.2, 0) is 19.8 Å². The lowest BCUT2D eigenvalue weighted by Crippen LogP contribution is -2.59. The Bertz CT molecular complexity index is 1330. The number of hydrogen-bond acceptors (Lipinski definition) is 5. The summed E-state index contributed by atoms with van der Waals surface area (Å²) in [6.45, 7) is 32.0. The number of piperidine rings is 1. The Morgan fingerprint density at radius 1 is 0.839 bits per heavy atom. The monoisotopic (exact) mass is 824 g/mol. The molecule has 0 aliphatic carbocycles. The van der Waals surface area contributed by atoms with Gasteiger partial charge in [-0.3, -0.25) is 0 Å². The second-order valence-corrected chi connectivity index (χ2v) is 29.2. The van der Waals surface area contributed by atoms with Crippen LogP contribution in [0.2, 0.25) is 33.2 Å². The summed E-state index contributed by atoms with van der Waals surface area (Å²) in [6, 6.07) is 4.36. The first-order valence-corrected chi connectivity index (χ1v) is 26.3. The molecule has 56 heavy (non-hydrogen) atoms. The lowest BCUT2D eigenvalue weighted by molar-refractivity contribution is -0.137. The number of carbonyl (C=O) groups excluding carboxylic acids is 1. The summed E-state index contributed by atoms with van der Waals surface area (Å²) < 4.78 is 61.2. The molecule has 322 valence electrons. The van der Waals surface area contributed by atoms with Gasteiger partial charge in [0.2, 0.25) is 16.6 Å². The maximum absolute atomic E-state index is 13.6. The van der Waals surface area contributed by atoms with Crippen molar-refractivity contribution in [3.05, 3.63) is 53.3 Å². The molecule has 10 heteroatoms. The number of rotatable bonds is 23. The van der Waals surface area contributed by atoms with Gasteiger partial charge in [-0.2, -0.15) is 13.2 Å². The molecule has 1 aromatic rings. The number of unbranched alkanes of at least 4 members (excludes halogenated alkanes) is 4. The Morgan fingerprint density at radius 3 is 1.93 bits per heavy atom. The smallest absolute Gasteiger partial charge is 0.416 e. The molecule has 1 saturated heterocycles. The molecule has 1 aromatic carbocycles. The summed E-state index contributed by atoms with van der Waals surface area (Å²) in [6.07, 6.45) is 8.65. The average Bonchev–Trinajstić information content (AvgIpc) is 3.10. The number of carbonyl (C=O) groups is 1. The van der Waals surface area contributed by atoms with E-state index in [0.717, 1.165) is 37.8 Å². The molecule has 5 nitrogen and oxygen atoms in total. The number of esters is 1. The van der Waals surface area contributed by atoms with Crippen LogP contribution in [0.5, 0.6) is 0 Å². The molecule has 1 fully saturated rings.